The van der Waals surface area contributed by atoms with Gasteiger partial charge in [0.05, 0.1) is 0 Å². The fourth-order valence-corrected chi connectivity index (χ4v) is 1.22. The van der Waals surface area contributed by atoms with Crippen molar-refractivity contribution in [2.45, 2.75) is 27.2 Å². The summed E-state index contributed by atoms with van der Waals surface area (Å²) in [6.45, 7) is 7.53. The molecule has 88 valence electrons. The second-order valence-corrected chi connectivity index (χ2v) is 4.81. The molecule has 0 unspecified atom stereocenters. The van der Waals surface area contributed by atoms with Crippen LogP contribution in [-0.4, -0.2) is 12.5 Å². The van der Waals surface area contributed by atoms with Crippen LogP contribution < -0.4 is 11.1 Å². The van der Waals surface area contributed by atoms with E-state index in [4.69, 9.17) is 5.73 Å². The summed E-state index contributed by atoms with van der Waals surface area (Å²) < 4.78 is 0. The van der Waals surface area contributed by atoms with Crippen LogP contribution >= 0.6 is 0 Å². The first-order chi connectivity index (χ1) is 7.44. The number of primary amides is 1. The minimum Gasteiger partial charge on any atom is -0.385 e. The lowest BCUT2D eigenvalue weighted by atomic mass is 9.90. The molecular formula is C13H20N2O. The average Bonchev–Trinajstić information content (AvgIpc) is 2.27. The summed E-state index contributed by atoms with van der Waals surface area (Å²) >= 11 is 0. The first-order valence-electron chi connectivity index (χ1n) is 5.58. The van der Waals surface area contributed by atoms with E-state index in [9.17, 15) is 4.79 Å². The smallest absolute Gasteiger partial charge is 0.248 e. The lowest BCUT2D eigenvalue weighted by Gasteiger charge is -2.23. The fourth-order valence-electron chi connectivity index (χ4n) is 1.22. The number of anilines is 1. The van der Waals surface area contributed by atoms with Gasteiger partial charge in [-0.25, -0.2) is 0 Å². The molecule has 3 nitrogen and oxygen atoms in total. The van der Waals surface area contributed by atoms with E-state index in [1.165, 1.54) is 0 Å². The molecule has 0 saturated carbocycles. The first-order valence-corrected chi connectivity index (χ1v) is 5.58. The number of carbonyl (C=O) groups excluding carboxylic acids is 1. The largest absolute Gasteiger partial charge is 0.385 e. The standard InChI is InChI=1S/C13H20N2O/c1-4-13(2,3)9-15-11-7-5-10(6-8-11)12(14)16/h5-8,15H,4,9H2,1-3H3,(H2,14,16). The molecule has 0 atom stereocenters. The summed E-state index contributed by atoms with van der Waals surface area (Å²) in [4.78, 5) is 10.9. The molecule has 0 aromatic heterocycles. The number of carbonyl (C=O) groups is 1. The Kier molecular flexibility index (Phi) is 3.93. The van der Waals surface area contributed by atoms with Crippen LogP contribution in [0.2, 0.25) is 0 Å². The number of amides is 1. The molecule has 1 aromatic rings. The van der Waals surface area contributed by atoms with E-state index in [1.54, 1.807) is 12.1 Å². The van der Waals surface area contributed by atoms with Crippen LogP contribution in [0.15, 0.2) is 24.3 Å². The van der Waals surface area contributed by atoms with Gasteiger partial charge < -0.3 is 11.1 Å². The molecule has 0 aliphatic heterocycles. The van der Waals surface area contributed by atoms with Gasteiger partial charge in [0.15, 0.2) is 0 Å². The van der Waals surface area contributed by atoms with Crippen LogP contribution in [0.25, 0.3) is 0 Å². The molecule has 0 bridgehead atoms. The lowest BCUT2D eigenvalue weighted by Crippen LogP contribution is -2.22. The molecule has 0 aliphatic carbocycles. The molecular weight excluding hydrogens is 200 g/mol. The minimum absolute atomic E-state index is 0.280. The van der Waals surface area contributed by atoms with Crippen LogP contribution in [0.3, 0.4) is 0 Å². The van der Waals surface area contributed by atoms with E-state index in [-0.39, 0.29) is 11.3 Å². The maximum Gasteiger partial charge on any atom is 0.248 e. The molecule has 1 rings (SSSR count). The number of hydrogen-bond acceptors (Lipinski definition) is 2. The van der Waals surface area contributed by atoms with E-state index in [0.717, 1.165) is 18.7 Å². The van der Waals surface area contributed by atoms with E-state index < -0.39 is 0 Å². The maximum atomic E-state index is 10.9. The monoisotopic (exact) mass is 220 g/mol. The summed E-state index contributed by atoms with van der Waals surface area (Å²) in [5, 5.41) is 3.35. The summed E-state index contributed by atoms with van der Waals surface area (Å²) in [6, 6.07) is 7.24. The Labute approximate surface area is 97.0 Å². The second kappa shape index (κ2) is 5.01. The van der Waals surface area contributed by atoms with Gasteiger partial charge in [-0.15, -0.1) is 0 Å². The predicted octanol–water partition coefficient (Wildman–Crippen LogP) is 2.63. The van der Waals surface area contributed by atoms with Crippen molar-refractivity contribution in [3.8, 4) is 0 Å². The molecule has 3 N–H and O–H groups in total. The van der Waals surface area contributed by atoms with Gasteiger partial charge in [0, 0.05) is 17.8 Å². The molecule has 16 heavy (non-hydrogen) atoms. The zero-order valence-electron chi connectivity index (χ0n) is 10.2. The lowest BCUT2D eigenvalue weighted by molar-refractivity contribution is 0.100. The van der Waals surface area contributed by atoms with Crippen molar-refractivity contribution in [3.63, 3.8) is 0 Å². The van der Waals surface area contributed by atoms with Gasteiger partial charge in [-0.05, 0) is 36.1 Å². The molecule has 0 heterocycles. The summed E-state index contributed by atoms with van der Waals surface area (Å²) in [5.41, 5.74) is 7.01. The highest BCUT2D eigenvalue weighted by Crippen LogP contribution is 2.20. The number of rotatable bonds is 5. The van der Waals surface area contributed by atoms with Gasteiger partial charge in [-0.1, -0.05) is 20.8 Å². The van der Waals surface area contributed by atoms with Crippen molar-refractivity contribution in [2.24, 2.45) is 11.1 Å². The Morgan fingerprint density at radius 1 is 1.31 bits per heavy atom. The molecule has 0 radical (unpaired) electrons. The number of nitrogens with two attached hydrogens (primary N) is 1. The van der Waals surface area contributed by atoms with Crippen LogP contribution in [-0.2, 0) is 0 Å². The summed E-state index contributed by atoms with van der Waals surface area (Å²) in [6.07, 6.45) is 1.12. The van der Waals surface area contributed by atoms with Crippen LogP contribution in [0.5, 0.6) is 0 Å². The first kappa shape index (κ1) is 12.6. The molecule has 0 fully saturated rings. The molecule has 0 spiro atoms. The molecule has 0 saturated heterocycles. The van der Waals surface area contributed by atoms with Crippen LogP contribution in [0.4, 0.5) is 5.69 Å². The normalized spacial score (nSPS) is 11.2. The van der Waals surface area contributed by atoms with Crippen molar-refractivity contribution < 1.29 is 4.79 Å². The summed E-state index contributed by atoms with van der Waals surface area (Å²) in [5.74, 6) is -0.388. The van der Waals surface area contributed by atoms with Crippen LogP contribution in [0.1, 0.15) is 37.6 Å². The van der Waals surface area contributed by atoms with Gasteiger partial charge in [-0.3, -0.25) is 4.79 Å². The number of hydrogen-bond donors (Lipinski definition) is 2. The van der Waals surface area contributed by atoms with Gasteiger partial charge in [-0.2, -0.15) is 0 Å². The van der Waals surface area contributed by atoms with E-state index in [0.29, 0.717) is 5.56 Å². The quantitative estimate of drug-likeness (QED) is 0.801. The highest BCUT2D eigenvalue weighted by molar-refractivity contribution is 5.93. The van der Waals surface area contributed by atoms with Crippen LogP contribution in [0, 0.1) is 5.41 Å². The zero-order valence-corrected chi connectivity index (χ0v) is 10.2. The Bertz CT molecular complexity index is 355. The molecule has 3 heteroatoms. The molecule has 1 amide bonds. The highest BCUT2D eigenvalue weighted by atomic mass is 16.1. The second-order valence-electron chi connectivity index (χ2n) is 4.81. The average molecular weight is 220 g/mol. The zero-order chi connectivity index (χ0) is 12.2. The Balaban J connectivity index is 2.59. The highest BCUT2D eigenvalue weighted by Gasteiger charge is 2.14. The van der Waals surface area contributed by atoms with E-state index >= 15 is 0 Å². The molecule has 0 aliphatic rings. The van der Waals surface area contributed by atoms with Gasteiger partial charge in [0.2, 0.25) is 5.91 Å². The number of nitrogens with one attached hydrogen (secondary N) is 1. The number of benzene rings is 1. The van der Waals surface area contributed by atoms with Crippen molar-refractivity contribution in [3.05, 3.63) is 29.8 Å². The molecule has 1 aromatic carbocycles. The maximum absolute atomic E-state index is 10.9. The van der Waals surface area contributed by atoms with Crippen molar-refractivity contribution >= 4 is 11.6 Å². The van der Waals surface area contributed by atoms with Crippen molar-refractivity contribution in [2.75, 3.05) is 11.9 Å². The Morgan fingerprint density at radius 3 is 2.31 bits per heavy atom. The van der Waals surface area contributed by atoms with Crippen molar-refractivity contribution in [1.82, 2.24) is 0 Å². The topological polar surface area (TPSA) is 55.1 Å². The Morgan fingerprint density at radius 2 is 1.88 bits per heavy atom. The van der Waals surface area contributed by atoms with Crippen molar-refractivity contribution in [1.29, 1.82) is 0 Å². The third-order valence-corrected chi connectivity index (χ3v) is 2.90. The SMILES string of the molecule is CCC(C)(C)CNc1ccc(C(N)=O)cc1. The van der Waals surface area contributed by atoms with E-state index in [1.807, 2.05) is 12.1 Å². The fraction of sp³-hybridized carbons (Fsp3) is 0.462. The third kappa shape index (κ3) is 3.57. The van der Waals surface area contributed by atoms with Gasteiger partial charge in [0.25, 0.3) is 0 Å². The third-order valence-electron chi connectivity index (χ3n) is 2.90. The Hall–Kier alpha value is -1.51. The predicted molar refractivity (Wildman–Crippen MR) is 67.5 cm³/mol. The van der Waals surface area contributed by atoms with E-state index in [2.05, 4.69) is 26.1 Å². The van der Waals surface area contributed by atoms with Gasteiger partial charge in [0.1, 0.15) is 0 Å². The minimum atomic E-state index is -0.388. The van der Waals surface area contributed by atoms with Gasteiger partial charge >= 0.3 is 0 Å². The summed E-state index contributed by atoms with van der Waals surface area (Å²) in [7, 11) is 0.